The molecule has 0 bridgehead atoms. The van der Waals surface area contributed by atoms with Crippen LogP contribution in [0.25, 0.3) is 0 Å². The number of carbonyl (C=O) groups excluding carboxylic acids is 1. The van der Waals surface area contributed by atoms with Gasteiger partial charge in [0, 0.05) is 12.8 Å². The van der Waals surface area contributed by atoms with Crippen LogP contribution < -0.4 is 0 Å². The molecule has 1 nitrogen and oxygen atoms in total. The molecular formula is C18H28O. The van der Waals surface area contributed by atoms with Gasteiger partial charge in [0.2, 0.25) is 0 Å². The van der Waals surface area contributed by atoms with Gasteiger partial charge in [-0.15, -0.1) is 0 Å². The zero-order valence-electron chi connectivity index (χ0n) is 12.4. The van der Waals surface area contributed by atoms with Gasteiger partial charge in [0.15, 0.2) is 0 Å². The lowest BCUT2D eigenvalue weighted by atomic mass is 9.66. The lowest BCUT2D eigenvalue weighted by Crippen LogP contribution is -2.29. The SMILES string of the molecule is CCC1CCC(C2CC=C3CC(=O)CCC3C2)CC1. The highest BCUT2D eigenvalue weighted by atomic mass is 16.1. The van der Waals surface area contributed by atoms with Gasteiger partial charge in [0.1, 0.15) is 5.78 Å². The number of ketones is 1. The van der Waals surface area contributed by atoms with Crippen molar-refractivity contribution < 1.29 is 4.79 Å². The van der Waals surface area contributed by atoms with Crippen molar-refractivity contribution in [1.29, 1.82) is 0 Å². The van der Waals surface area contributed by atoms with Gasteiger partial charge in [0.05, 0.1) is 0 Å². The van der Waals surface area contributed by atoms with Crippen LogP contribution in [-0.4, -0.2) is 5.78 Å². The molecule has 2 saturated carbocycles. The topological polar surface area (TPSA) is 17.1 Å². The average molecular weight is 260 g/mol. The molecule has 1 heteroatoms. The second-order valence-corrected chi connectivity index (χ2v) is 7.15. The monoisotopic (exact) mass is 260 g/mol. The maximum atomic E-state index is 11.5. The van der Waals surface area contributed by atoms with E-state index in [4.69, 9.17) is 0 Å². The minimum atomic E-state index is 0.476. The maximum absolute atomic E-state index is 11.5. The fraction of sp³-hybridized carbons (Fsp3) is 0.833. The quantitative estimate of drug-likeness (QED) is 0.645. The Hall–Kier alpha value is -0.590. The molecule has 19 heavy (non-hydrogen) atoms. The van der Waals surface area contributed by atoms with E-state index in [0.717, 1.165) is 42.9 Å². The van der Waals surface area contributed by atoms with Crippen LogP contribution in [0.2, 0.25) is 0 Å². The van der Waals surface area contributed by atoms with E-state index in [1.165, 1.54) is 50.5 Å². The Labute approximate surface area is 117 Å². The van der Waals surface area contributed by atoms with Crippen LogP contribution in [0.4, 0.5) is 0 Å². The molecule has 0 aromatic carbocycles. The first-order valence-corrected chi connectivity index (χ1v) is 8.47. The van der Waals surface area contributed by atoms with Crippen molar-refractivity contribution in [3.05, 3.63) is 11.6 Å². The highest BCUT2D eigenvalue weighted by Crippen LogP contribution is 2.44. The Kier molecular flexibility index (Phi) is 4.10. The Morgan fingerprint density at radius 3 is 2.63 bits per heavy atom. The summed E-state index contributed by atoms with van der Waals surface area (Å²) in [6.45, 7) is 2.35. The number of hydrogen-bond acceptors (Lipinski definition) is 1. The summed E-state index contributed by atoms with van der Waals surface area (Å²) in [5, 5.41) is 0. The van der Waals surface area contributed by atoms with Crippen LogP contribution in [0.5, 0.6) is 0 Å². The summed E-state index contributed by atoms with van der Waals surface area (Å²) in [7, 11) is 0. The smallest absolute Gasteiger partial charge is 0.136 e. The number of Topliss-reactive ketones (excluding diaryl/α,β-unsaturated/α-hetero) is 1. The summed E-state index contributed by atoms with van der Waals surface area (Å²) in [4.78, 5) is 11.5. The minimum Gasteiger partial charge on any atom is -0.299 e. The molecule has 0 spiro atoms. The molecule has 0 heterocycles. The van der Waals surface area contributed by atoms with Crippen LogP contribution in [0, 0.1) is 23.7 Å². The lowest BCUT2D eigenvalue weighted by Gasteiger charge is -2.39. The first kappa shape index (κ1) is 13.4. The van der Waals surface area contributed by atoms with Gasteiger partial charge >= 0.3 is 0 Å². The molecule has 106 valence electrons. The van der Waals surface area contributed by atoms with E-state index < -0.39 is 0 Å². The largest absolute Gasteiger partial charge is 0.299 e. The van der Waals surface area contributed by atoms with Crippen LogP contribution in [0.15, 0.2) is 11.6 Å². The van der Waals surface area contributed by atoms with Gasteiger partial charge in [-0.3, -0.25) is 4.79 Å². The third-order valence-corrected chi connectivity index (χ3v) is 6.10. The standard InChI is InChI=1S/C18H28O/c1-2-13-3-5-14(6-4-13)15-7-8-17-12-18(19)10-9-16(17)11-15/h8,13-16H,2-7,9-12H2,1H3. The lowest BCUT2D eigenvalue weighted by molar-refractivity contribution is -0.119. The maximum Gasteiger partial charge on any atom is 0.136 e. The van der Waals surface area contributed by atoms with Crippen molar-refractivity contribution in [2.45, 2.75) is 71.1 Å². The second-order valence-electron chi connectivity index (χ2n) is 7.15. The Morgan fingerprint density at radius 2 is 1.89 bits per heavy atom. The summed E-state index contributed by atoms with van der Waals surface area (Å²) in [5.41, 5.74) is 1.50. The van der Waals surface area contributed by atoms with E-state index in [0.29, 0.717) is 5.78 Å². The van der Waals surface area contributed by atoms with Crippen molar-refractivity contribution in [3.8, 4) is 0 Å². The van der Waals surface area contributed by atoms with E-state index in [1.807, 2.05) is 0 Å². The first-order chi connectivity index (χ1) is 9.26. The van der Waals surface area contributed by atoms with E-state index >= 15 is 0 Å². The number of carbonyl (C=O) groups is 1. The zero-order chi connectivity index (χ0) is 13.2. The van der Waals surface area contributed by atoms with Crippen LogP contribution in [0.3, 0.4) is 0 Å². The molecule has 3 aliphatic carbocycles. The van der Waals surface area contributed by atoms with Gasteiger partial charge < -0.3 is 0 Å². The summed E-state index contributed by atoms with van der Waals surface area (Å²) >= 11 is 0. The van der Waals surface area contributed by atoms with Crippen molar-refractivity contribution in [2.24, 2.45) is 23.7 Å². The predicted molar refractivity (Wildman–Crippen MR) is 78.9 cm³/mol. The molecule has 0 saturated heterocycles. The first-order valence-electron chi connectivity index (χ1n) is 8.47. The Balaban J connectivity index is 1.58. The molecule has 3 aliphatic rings. The minimum absolute atomic E-state index is 0.476. The zero-order valence-corrected chi connectivity index (χ0v) is 12.4. The van der Waals surface area contributed by atoms with Crippen LogP contribution in [0.1, 0.15) is 71.1 Å². The fourth-order valence-corrected chi connectivity index (χ4v) is 4.71. The van der Waals surface area contributed by atoms with E-state index in [9.17, 15) is 4.79 Å². The molecule has 3 rings (SSSR count). The van der Waals surface area contributed by atoms with Gasteiger partial charge in [-0.2, -0.15) is 0 Å². The summed E-state index contributed by atoms with van der Waals surface area (Å²) in [5.74, 6) is 4.17. The van der Waals surface area contributed by atoms with Crippen molar-refractivity contribution >= 4 is 5.78 Å². The third kappa shape index (κ3) is 2.95. The number of allylic oxidation sites excluding steroid dienone is 2. The highest BCUT2D eigenvalue weighted by Gasteiger charge is 2.34. The van der Waals surface area contributed by atoms with Crippen molar-refractivity contribution in [2.75, 3.05) is 0 Å². The third-order valence-electron chi connectivity index (χ3n) is 6.10. The molecule has 2 unspecified atom stereocenters. The summed E-state index contributed by atoms with van der Waals surface area (Å²) < 4.78 is 0. The fourth-order valence-electron chi connectivity index (χ4n) is 4.71. The molecule has 0 amide bonds. The van der Waals surface area contributed by atoms with Crippen LogP contribution >= 0.6 is 0 Å². The highest BCUT2D eigenvalue weighted by molar-refractivity contribution is 5.82. The molecule has 0 aromatic rings. The average Bonchev–Trinajstić information content (AvgIpc) is 2.47. The van der Waals surface area contributed by atoms with Crippen molar-refractivity contribution in [1.82, 2.24) is 0 Å². The van der Waals surface area contributed by atoms with E-state index in [1.54, 1.807) is 0 Å². The summed E-state index contributed by atoms with van der Waals surface area (Å²) in [6, 6.07) is 0. The number of fused-ring (bicyclic) bond motifs is 1. The van der Waals surface area contributed by atoms with Gasteiger partial charge in [0.25, 0.3) is 0 Å². The molecule has 2 atom stereocenters. The Bertz CT molecular complexity index is 360. The van der Waals surface area contributed by atoms with Gasteiger partial charge in [-0.05, 0) is 55.8 Å². The second kappa shape index (κ2) is 5.81. The van der Waals surface area contributed by atoms with Gasteiger partial charge in [-0.1, -0.05) is 37.8 Å². The van der Waals surface area contributed by atoms with E-state index in [2.05, 4.69) is 13.0 Å². The van der Waals surface area contributed by atoms with Crippen molar-refractivity contribution in [3.63, 3.8) is 0 Å². The Morgan fingerprint density at radius 1 is 1.11 bits per heavy atom. The predicted octanol–water partition coefficient (Wildman–Crippen LogP) is 4.91. The molecule has 0 N–H and O–H groups in total. The molecular weight excluding hydrogens is 232 g/mol. The van der Waals surface area contributed by atoms with E-state index in [-0.39, 0.29) is 0 Å². The molecule has 2 fully saturated rings. The van der Waals surface area contributed by atoms with Crippen LogP contribution in [-0.2, 0) is 4.79 Å². The molecule has 0 aromatic heterocycles. The normalized spacial score (nSPS) is 39.6. The molecule has 0 radical (unpaired) electrons. The summed E-state index contributed by atoms with van der Waals surface area (Å²) in [6.07, 6.45) is 15.1. The van der Waals surface area contributed by atoms with Gasteiger partial charge in [-0.25, -0.2) is 0 Å². The number of rotatable bonds is 2. The number of hydrogen-bond donors (Lipinski definition) is 0. The molecule has 0 aliphatic heterocycles.